The summed E-state index contributed by atoms with van der Waals surface area (Å²) in [6.07, 6.45) is 0. The SMILES string of the molecule is N#CC1CNCCN1C(=O)c1cc(Cl)cc(Cl)c1. The molecular formula is C12H11Cl2N3O. The van der Waals surface area contributed by atoms with Crippen LogP contribution < -0.4 is 5.32 Å². The van der Waals surface area contributed by atoms with Crippen LogP contribution in [0.15, 0.2) is 18.2 Å². The van der Waals surface area contributed by atoms with E-state index in [2.05, 4.69) is 11.4 Å². The number of halogens is 2. The molecule has 2 rings (SSSR count). The number of nitrogens with zero attached hydrogens (tertiary/aromatic N) is 2. The maximum Gasteiger partial charge on any atom is 0.255 e. The summed E-state index contributed by atoms with van der Waals surface area (Å²) >= 11 is 11.7. The minimum absolute atomic E-state index is 0.215. The van der Waals surface area contributed by atoms with E-state index in [0.29, 0.717) is 35.2 Å². The predicted octanol–water partition coefficient (Wildman–Crippen LogP) is 1.93. The van der Waals surface area contributed by atoms with Crippen LogP contribution in [0.2, 0.25) is 10.0 Å². The molecule has 1 aromatic carbocycles. The highest BCUT2D eigenvalue weighted by atomic mass is 35.5. The monoisotopic (exact) mass is 283 g/mol. The molecule has 1 heterocycles. The first-order valence-electron chi connectivity index (χ1n) is 5.49. The van der Waals surface area contributed by atoms with Crippen LogP contribution >= 0.6 is 23.2 Å². The second-order valence-corrected chi connectivity index (χ2v) is 4.88. The molecule has 0 spiro atoms. The molecule has 1 fully saturated rings. The second-order valence-electron chi connectivity index (χ2n) is 4.01. The lowest BCUT2D eigenvalue weighted by molar-refractivity contribution is 0.0687. The Labute approximate surface area is 115 Å². The van der Waals surface area contributed by atoms with Gasteiger partial charge >= 0.3 is 0 Å². The third kappa shape index (κ3) is 2.75. The minimum Gasteiger partial charge on any atom is -0.320 e. The topological polar surface area (TPSA) is 56.1 Å². The zero-order chi connectivity index (χ0) is 13.1. The smallest absolute Gasteiger partial charge is 0.255 e. The summed E-state index contributed by atoms with van der Waals surface area (Å²) in [4.78, 5) is 13.8. The Kier molecular flexibility index (Phi) is 4.07. The van der Waals surface area contributed by atoms with Gasteiger partial charge in [0.15, 0.2) is 0 Å². The number of carbonyl (C=O) groups is 1. The van der Waals surface area contributed by atoms with Crippen LogP contribution in [-0.2, 0) is 0 Å². The lowest BCUT2D eigenvalue weighted by Crippen LogP contribution is -2.53. The molecule has 1 saturated heterocycles. The zero-order valence-electron chi connectivity index (χ0n) is 9.49. The van der Waals surface area contributed by atoms with Crippen molar-refractivity contribution in [2.45, 2.75) is 6.04 Å². The summed E-state index contributed by atoms with van der Waals surface area (Å²) in [6.45, 7) is 1.66. The molecule has 4 nitrogen and oxygen atoms in total. The molecule has 18 heavy (non-hydrogen) atoms. The van der Waals surface area contributed by atoms with Crippen molar-refractivity contribution in [3.8, 4) is 6.07 Å². The summed E-state index contributed by atoms with van der Waals surface area (Å²) < 4.78 is 0. The number of hydrogen-bond donors (Lipinski definition) is 1. The van der Waals surface area contributed by atoms with E-state index in [1.165, 1.54) is 0 Å². The number of nitriles is 1. The Hall–Kier alpha value is -1.28. The molecule has 0 aliphatic carbocycles. The summed E-state index contributed by atoms with van der Waals surface area (Å²) in [7, 11) is 0. The molecule has 0 radical (unpaired) electrons. The van der Waals surface area contributed by atoms with Gasteiger partial charge in [0.1, 0.15) is 6.04 Å². The van der Waals surface area contributed by atoms with Crippen molar-refractivity contribution in [3.05, 3.63) is 33.8 Å². The van der Waals surface area contributed by atoms with Crippen LogP contribution in [0.1, 0.15) is 10.4 Å². The van der Waals surface area contributed by atoms with Gasteiger partial charge in [0.05, 0.1) is 6.07 Å². The quantitative estimate of drug-likeness (QED) is 0.857. The number of hydrogen-bond acceptors (Lipinski definition) is 3. The van der Waals surface area contributed by atoms with Gasteiger partial charge < -0.3 is 10.2 Å². The maximum absolute atomic E-state index is 12.3. The molecule has 1 aliphatic heterocycles. The average molecular weight is 284 g/mol. The van der Waals surface area contributed by atoms with Gasteiger partial charge in [-0.1, -0.05) is 23.2 Å². The fraction of sp³-hybridized carbons (Fsp3) is 0.333. The van der Waals surface area contributed by atoms with Gasteiger partial charge in [-0.05, 0) is 18.2 Å². The molecule has 0 saturated carbocycles. The van der Waals surface area contributed by atoms with Crippen LogP contribution in [0.25, 0.3) is 0 Å². The van der Waals surface area contributed by atoms with Gasteiger partial charge in [0, 0.05) is 35.2 Å². The normalized spacial score (nSPS) is 19.4. The summed E-state index contributed by atoms with van der Waals surface area (Å²) in [5, 5.41) is 12.9. The average Bonchev–Trinajstić information content (AvgIpc) is 2.36. The Morgan fingerprint density at radius 1 is 1.39 bits per heavy atom. The van der Waals surface area contributed by atoms with Gasteiger partial charge in [0.2, 0.25) is 0 Å². The van der Waals surface area contributed by atoms with E-state index in [1.807, 2.05) is 0 Å². The summed E-state index contributed by atoms with van der Waals surface area (Å²) in [6, 6.07) is 6.35. The molecule has 1 N–H and O–H groups in total. The van der Waals surface area contributed by atoms with Gasteiger partial charge in [0.25, 0.3) is 5.91 Å². The standard InChI is InChI=1S/C12H11Cl2N3O/c13-9-3-8(4-10(14)5-9)12(18)17-2-1-16-7-11(17)6-15/h3-5,11,16H,1-2,7H2. The van der Waals surface area contributed by atoms with Crippen molar-refractivity contribution >= 4 is 29.1 Å². The van der Waals surface area contributed by atoms with Crippen LogP contribution in [0, 0.1) is 11.3 Å². The highest BCUT2D eigenvalue weighted by Crippen LogP contribution is 2.21. The Morgan fingerprint density at radius 2 is 2.06 bits per heavy atom. The van der Waals surface area contributed by atoms with Crippen molar-refractivity contribution in [1.82, 2.24) is 10.2 Å². The first-order chi connectivity index (χ1) is 8.61. The highest BCUT2D eigenvalue weighted by molar-refractivity contribution is 6.35. The van der Waals surface area contributed by atoms with Gasteiger partial charge in [-0.25, -0.2) is 0 Å². The largest absolute Gasteiger partial charge is 0.320 e. The van der Waals surface area contributed by atoms with E-state index >= 15 is 0 Å². The van der Waals surface area contributed by atoms with Gasteiger partial charge in [-0.15, -0.1) is 0 Å². The summed E-state index contributed by atoms with van der Waals surface area (Å²) in [5.41, 5.74) is 0.412. The molecule has 1 atom stereocenters. The minimum atomic E-state index is -0.455. The lowest BCUT2D eigenvalue weighted by atomic mass is 10.1. The van der Waals surface area contributed by atoms with E-state index in [-0.39, 0.29) is 5.91 Å². The van der Waals surface area contributed by atoms with Crippen LogP contribution in [-0.4, -0.2) is 36.5 Å². The number of piperazine rings is 1. The molecule has 1 unspecified atom stereocenters. The van der Waals surface area contributed by atoms with Crippen molar-refractivity contribution in [1.29, 1.82) is 5.26 Å². The maximum atomic E-state index is 12.3. The highest BCUT2D eigenvalue weighted by Gasteiger charge is 2.27. The van der Waals surface area contributed by atoms with Crippen molar-refractivity contribution in [3.63, 3.8) is 0 Å². The Morgan fingerprint density at radius 3 is 2.67 bits per heavy atom. The molecule has 1 amide bonds. The fourth-order valence-electron chi connectivity index (χ4n) is 1.91. The van der Waals surface area contributed by atoms with Crippen molar-refractivity contribution in [2.24, 2.45) is 0 Å². The van der Waals surface area contributed by atoms with Gasteiger partial charge in [-0.3, -0.25) is 4.79 Å². The zero-order valence-corrected chi connectivity index (χ0v) is 11.0. The molecule has 0 aromatic heterocycles. The first kappa shape index (κ1) is 13.2. The molecule has 1 aliphatic rings. The first-order valence-corrected chi connectivity index (χ1v) is 6.25. The van der Waals surface area contributed by atoms with E-state index in [4.69, 9.17) is 28.5 Å². The Balaban J connectivity index is 2.27. The van der Waals surface area contributed by atoms with Crippen LogP contribution in [0.5, 0.6) is 0 Å². The fourth-order valence-corrected chi connectivity index (χ4v) is 2.43. The van der Waals surface area contributed by atoms with Crippen molar-refractivity contribution in [2.75, 3.05) is 19.6 Å². The number of amides is 1. The molecule has 0 bridgehead atoms. The van der Waals surface area contributed by atoms with Crippen LogP contribution in [0.4, 0.5) is 0 Å². The molecule has 94 valence electrons. The number of nitrogens with one attached hydrogen (secondary N) is 1. The van der Waals surface area contributed by atoms with E-state index in [1.54, 1.807) is 23.1 Å². The molecule has 6 heteroatoms. The molecule has 1 aromatic rings. The van der Waals surface area contributed by atoms with Crippen molar-refractivity contribution < 1.29 is 4.79 Å². The number of benzene rings is 1. The van der Waals surface area contributed by atoms with E-state index in [9.17, 15) is 4.79 Å². The lowest BCUT2D eigenvalue weighted by Gasteiger charge is -2.32. The Bertz CT molecular complexity index is 492. The van der Waals surface area contributed by atoms with Crippen LogP contribution in [0.3, 0.4) is 0 Å². The molecular weight excluding hydrogens is 273 g/mol. The van der Waals surface area contributed by atoms with E-state index in [0.717, 1.165) is 0 Å². The van der Waals surface area contributed by atoms with Gasteiger partial charge in [-0.2, -0.15) is 5.26 Å². The third-order valence-corrected chi connectivity index (χ3v) is 3.20. The van der Waals surface area contributed by atoms with E-state index < -0.39 is 6.04 Å². The third-order valence-electron chi connectivity index (χ3n) is 2.76. The predicted molar refractivity (Wildman–Crippen MR) is 69.8 cm³/mol. The number of rotatable bonds is 1. The summed E-state index contributed by atoms with van der Waals surface area (Å²) in [5.74, 6) is -0.215. The second kappa shape index (κ2) is 5.57. The number of carbonyl (C=O) groups excluding carboxylic acids is 1.